The molecular formula is C15H21FN2. The number of hydrogen-bond acceptors (Lipinski definition) is 2. The fourth-order valence-corrected chi connectivity index (χ4v) is 3.31. The smallest absolute Gasteiger partial charge is 0.125 e. The lowest BCUT2D eigenvalue weighted by molar-refractivity contribution is 0.255. The fraction of sp³-hybridized carbons (Fsp3) is 0.600. The first-order valence-corrected chi connectivity index (χ1v) is 7.02. The van der Waals surface area contributed by atoms with Crippen molar-refractivity contribution in [1.82, 2.24) is 0 Å². The third-order valence-electron chi connectivity index (χ3n) is 4.64. The standard InChI is InChI=1S/C15H21FN2/c1-2-11-5-7-15(8-6-11)10-17-14-9-12(16)3-4-13(14)18-15/h3-4,9,11,17-18H,2,5-8,10H2,1H3. The van der Waals surface area contributed by atoms with Crippen molar-refractivity contribution in [3.8, 4) is 0 Å². The van der Waals surface area contributed by atoms with Crippen molar-refractivity contribution in [2.75, 3.05) is 17.2 Å². The summed E-state index contributed by atoms with van der Waals surface area (Å²) >= 11 is 0. The third-order valence-corrected chi connectivity index (χ3v) is 4.64. The highest BCUT2D eigenvalue weighted by molar-refractivity contribution is 5.72. The van der Waals surface area contributed by atoms with Gasteiger partial charge in [-0.2, -0.15) is 0 Å². The van der Waals surface area contributed by atoms with Gasteiger partial charge < -0.3 is 10.6 Å². The molecule has 1 spiro atoms. The van der Waals surface area contributed by atoms with E-state index in [9.17, 15) is 4.39 Å². The van der Waals surface area contributed by atoms with Crippen molar-refractivity contribution in [2.45, 2.75) is 44.6 Å². The average Bonchev–Trinajstić information content (AvgIpc) is 2.40. The van der Waals surface area contributed by atoms with Crippen molar-refractivity contribution < 1.29 is 4.39 Å². The number of nitrogens with one attached hydrogen (secondary N) is 2. The second kappa shape index (κ2) is 4.45. The van der Waals surface area contributed by atoms with Crippen LogP contribution in [0.5, 0.6) is 0 Å². The number of rotatable bonds is 1. The largest absolute Gasteiger partial charge is 0.381 e. The zero-order valence-corrected chi connectivity index (χ0v) is 10.9. The van der Waals surface area contributed by atoms with Crippen LogP contribution >= 0.6 is 0 Å². The molecule has 0 unspecified atom stereocenters. The molecule has 1 aliphatic carbocycles. The maximum Gasteiger partial charge on any atom is 0.125 e. The van der Waals surface area contributed by atoms with E-state index in [1.54, 1.807) is 6.07 Å². The molecule has 1 aromatic carbocycles. The lowest BCUT2D eigenvalue weighted by atomic mass is 9.74. The molecule has 0 amide bonds. The zero-order chi connectivity index (χ0) is 12.6. The molecule has 2 N–H and O–H groups in total. The summed E-state index contributed by atoms with van der Waals surface area (Å²) in [6, 6.07) is 4.96. The van der Waals surface area contributed by atoms with Crippen LogP contribution in [0.2, 0.25) is 0 Å². The Morgan fingerprint density at radius 2 is 2.06 bits per heavy atom. The van der Waals surface area contributed by atoms with Gasteiger partial charge in [0.15, 0.2) is 0 Å². The van der Waals surface area contributed by atoms with Gasteiger partial charge in [0.05, 0.1) is 16.9 Å². The van der Waals surface area contributed by atoms with Crippen LogP contribution < -0.4 is 10.6 Å². The molecule has 0 radical (unpaired) electrons. The Hall–Kier alpha value is -1.25. The monoisotopic (exact) mass is 248 g/mol. The summed E-state index contributed by atoms with van der Waals surface area (Å²) in [5.41, 5.74) is 2.15. The third kappa shape index (κ3) is 2.06. The van der Waals surface area contributed by atoms with E-state index >= 15 is 0 Å². The Bertz CT molecular complexity index is 436. The van der Waals surface area contributed by atoms with Crippen LogP contribution in [0.3, 0.4) is 0 Å². The second-order valence-electron chi connectivity index (χ2n) is 5.80. The summed E-state index contributed by atoms with van der Waals surface area (Å²) < 4.78 is 13.2. The van der Waals surface area contributed by atoms with Gasteiger partial charge >= 0.3 is 0 Å². The van der Waals surface area contributed by atoms with Crippen LogP contribution in [0.25, 0.3) is 0 Å². The van der Waals surface area contributed by atoms with Gasteiger partial charge in [0.1, 0.15) is 5.82 Å². The molecule has 0 aromatic heterocycles. The van der Waals surface area contributed by atoms with Crippen LogP contribution in [0.15, 0.2) is 18.2 Å². The van der Waals surface area contributed by atoms with E-state index in [2.05, 4.69) is 17.6 Å². The summed E-state index contributed by atoms with van der Waals surface area (Å²) in [5, 5.41) is 7.05. The molecule has 0 atom stereocenters. The minimum atomic E-state index is -0.173. The summed E-state index contributed by atoms with van der Waals surface area (Å²) in [5.74, 6) is 0.723. The minimum absolute atomic E-state index is 0.173. The van der Waals surface area contributed by atoms with Gasteiger partial charge in [-0.15, -0.1) is 0 Å². The average molecular weight is 248 g/mol. The van der Waals surface area contributed by atoms with Crippen molar-refractivity contribution in [3.05, 3.63) is 24.0 Å². The molecule has 1 heterocycles. The number of fused-ring (bicyclic) bond motifs is 1. The quantitative estimate of drug-likeness (QED) is 0.785. The number of hydrogen-bond donors (Lipinski definition) is 2. The topological polar surface area (TPSA) is 24.1 Å². The van der Waals surface area contributed by atoms with Crippen LogP contribution in [-0.2, 0) is 0 Å². The van der Waals surface area contributed by atoms with E-state index in [-0.39, 0.29) is 11.4 Å². The first kappa shape index (κ1) is 11.8. The molecule has 98 valence electrons. The predicted octanol–water partition coefficient (Wildman–Crippen LogP) is 4.00. The molecule has 0 saturated heterocycles. The van der Waals surface area contributed by atoms with Crippen LogP contribution in [0, 0.1) is 11.7 Å². The summed E-state index contributed by atoms with van der Waals surface area (Å²) in [4.78, 5) is 0. The molecule has 2 aliphatic rings. The van der Waals surface area contributed by atoms with E-state index in [0.717, 1.165) is 23.8 Å². The molecule has 2 nitrogen and oxygen atoms in total. The maximum absolute atomic E-state index is 13.2. The molecule has 0 bridgehead atoms. The van der Waals surface area contributed by atoms with Gasteiger partial charge in [-0.3, -0.25) is 0 Å². The van der Waals surface area contributed by atoms with E-state index < -0.39 is 0 Å². The van der Waals surface area contributed by atoms with E-state index in [4.69, 9.17) is 0 Å². The Morgan fingerprint density at radius 1 is 1.28 bits per heavy atom. The molecule has 1 aromatic rings. The lowest BCUT2D eigenvalue weighted by Gasteiger charge is -2.45. The van der Waals surface area contributed by atoms with Crippen molar-refractivity contribution in [3.63, 3.8) is 0 Å². The maximum atomic E-state index is 13.2. The number of benzene rings is 1. The lowest BCUT2D eigenvalue weighted by Crippen LogP contribution is -2.50. The van der Waals surface area contributed by atoms with Crippen LogP contribution in [0.4, 0.5) is 15.8 Å². The van der Waals surface area contributed by atoms with Crippen molar-refractivity contribution >= 4 is 11.4 Å². The summed E-state index contributed by atoms with van der Waals surface area (Å²) in [7, 11) is 0. The Balaban J connectivity index is 1.76. The van der Waals surface area contributed by atoms with Crippen molar-refractivity contribution in [1.29, 1.82) is 0 Å². The van der Waals surface area contributed by atoms with Crippen molar-refractivity contribution in [2.24, 2.45) is 5.92 Å². The summed E-state index contributed by atoms with van der Waals surface area (Å²) in [6.07, 6.45) is 6.35. The predicted molar refractivity (Wildman–Crippen MR) is 73.5 cm³/mol. The normalized spacial score (nSPS) is 30.4. The highest BCUT2D eigenvalue weighted by Crippen LogP contribution is 2.40. The minimum Gasteiger partial charge on any atom is -0.381 e. The molecule has 1 fully saturated rings. The first-order chi connectivity index (χ1) is 8.71. The van der Waals surface area contributed by atoms with Gasteiger partial charge in [0, 0.05) is 6.54 Å². The Kier molecular flexibility index (Phi) is 2.92. The van der Waals surface area contributed by atoms with Gasteiger partial charge in [-0.25, -0.2) is 4.39 Å². The van der Waals surface area contributed by atoms with E-state index in [1.165, 1.54) is 38.2 Å². The highest BCUT2D eigenvalue weighted by Gasteiger charge is 2.37. The first-order valence-electron chi connectivity index (χ1n) is 7.02. The van der Waals surface area contributed by atoms with Gasteiger partial charge in [0.25, 0.3) is 0 Å². The van der Waals surface area contributed by atoms with E-state index in [1.807, 2.05) is 6.07 Å². The van der Waals surface area contributed by atoms with Gasteiger partial charge in [-0.05, 0) is 49.8 Å². The molecule has 3 rings (SSSR count). The van der Waals surface area contributed by atoms with E-state index in [0.29, 0.717) is 0 Å². The molecule has 18 heavy (non-hydrogen) atoms. The molecule has 1 saturated carbocycles. The Morgan fingerprint density at radius 3 is 2.78 bits per heavy atom. The summed E-state index contributed by atoms with van der Waals surface area (Å²) in [6.45, 7) is 3.20. The molecular weight excluding hydrogens is 227 g/mol. The Labute approximate surface area is 108 Å². The number of halogens is 1. The highest BCUT2D eigenvalue weighted by atomic mass is 19.1. The zero-order valence-electron chi connectivity index (χ0n) is 10.9. The fourth-order valence-electron chi connectivity index (χ4n) is 3.31. The SMILES string of the molecule is CCC1CCC2(CC1)CNc1cc(F)ccc1N2. The van der Waals surface area contributed by atoms with Gasteiger partial charge in [-0.1, -0.05) is 13.3 Å². The second-order valence-corrected chi connectivity index (χ2v) is 5.80. The molecule has 3 heteroatoms. The number of anilines is 2. The van der Waals surface area contributed by atoms with Crippen LogP contribution in [0.1, 0.15) is 39.0 Å². The molecule has 1 aliphatic heterocycles. The van der Waals surface area contributed by atoms with Crippen LogP contribution in [-0.4, -0.2) is 12.1 Å². The van der Waals surface area contributed by atoms with Gasteiger partial charge in [0.2, 0.25) is 0 Å².